The summed E-state index contributed by atoms with van der Waals surface area (Å²) in [7, 11) is 1.77. The van der Waals surface area contributed by atoms with E-state index in [0.717, 1.165) is 29.0 Å². The normalized spacial score (nSPS) is 18.1. The van der Waals surface area contributed by atoms with Gasteiger partial charge in [-0.05, 0) is 50.4 Å². The van der Waals surface area contributed by atoms with E-state index in [1.54, 1.807) is 7.11 Å². The zero-order chi connectivity index (χ0) is 18.8. The first-order chi connectivity index (χ1) is 13.2. The molecule has 4 rings (SSSR count). The van der Waals surface area contributed by atoms with E-state index in [1.165, 1.54) is 48.9 Å². The molecule has 0 radical (unpaired) electrons. The number of piperidine rings is 1. The summed E-state index contributed by atoms with van der Waals surface area (Å²) in [5, 5.41) is 1.13. The van der Waals surface area contributed by atoms with Crippen LogP contribution in [0.3, 0.4) is 0 Å². The summed E-state index contributed by atoms with van der Waals surface area (Å²) in [6.07, 6.45) is 5.16. The van der Waals surface area contributed by atoms with Crippen molar-refractivity contribution in [2.75, 3.05) is 13.7 Å². The van der Waals surface area contributed by atoms with Crippen LogP contribution in [0.2, 0.25) is 0 Å². The largest absolute Gasteiger partial charge is 0.496 e. The topological polar surface area (TPSA) is 25.6 Å². The Morgan fingerprint density at radius 1 is 1.15 bits per heavy atom. The molecule has 3 aromatic rings. The summed E-state index contributed by atoms with van der Waals surface area (Å²) in [6, 6.07) is 15.5. The van der Waals surface area contributed by atoms with E-state index in [-0.39, 0.29) is 0 Å². The molecule has 0 unspecified atom stereocenters. The molecule has 0 amide bonds. The second-order valence-corrected chi connectivity index (χ2v) is 7.59. The third-order valence-corrected chi connectivity index (χ3v) is 5.92. The molecule has 0 N–H and O–H groups in total. The maximum Gasteiger partial charge on any atom is 0.135 e. The minimum absolute atomic E-state index is 0.678. The SMILES string of the molecule is CC[C@H]1CCCCN1Cc1cc2oc(C)c(-c3ccccc3)c2cc1OC. The molecule has 1 aliphatic heterocycles. The summed E-state index contributed by atoms with van der Waals surface area (Å²) in [5.74, 6) is 1.92. The van der Waals surface area contributed by atoms with Crippen molar-refractivity contribution in [3.05, 3.63) is 53.8 Å². The van der Waals surface area contributed by atoms with Gasteiger partial charge < -0.3 is 9.15 Å². The number of fused-ring (bicyclic) bond motifs is 1. The number of nitrogens with zero attached hydrogens (tertiary/aromatic N) is 1. The molecule has 3 nitrogen and oxygen atoms in total. The number of hydrogen-bond donors (Lipinski definition) is 0. The maximum atomic E-state index is 6.16. The minimum Gasteiger partial charge on any atom is -0.496 e. The molecule has 1 aromatic heterocycles. The molecule has 142 valence electrons. The third kappa shape index (κ3) is 3.49. The van der Waals surface area contributed by atoms with Crippen molar-refractivity contribution in [2.45, 2.75) is 52.1 Å². The Morgan fingerprint density at radius 2 is 1.96 bits per heavy atom. The van der Waals surface area contributed by atoms with Gasteiger partial charge in [0, 0.05) is 29.1 Å². The molecule has 2 aromatic carbocycles. The highest BCUT2D eigenvalue weighted by Crippen LogP contribution is 2.38. The molecule has 1 fully saturated rings. The first-order valence-electron chi connectivity index (χ1n) is 10.1. The van der Waals surface area contributed by atoms with Crippen molar-refractivity contribution < 1.29 is 9.15 Å². The van der Waals surface area contributed by atoms with E-state index in [1.807, 2.05) is 13.0 Å². The van der Waals surface area contributed by atoms with Crippen LogP contribution in [0.5, 0.6) is 5.75 Å². The number of benzene rings is 2. The number of ether oxygens (including phenoxy) is 1. The molecule has 1 aliphatic rings. The van der Waals surface area contributed by atoms with Gasteiger partial charge in [0.25, 0.3) is 0 Å². The molecule has 0 saturated carbocycles. The van der Waals surface area contributed by atoms with Gasteiger partial charge in [-0.1, -0.05) is 43.7 Å². The van der Waals surface area contributed by atoms with Crippen LogP contribution < -0.4 is 4.74 Å². The highest BCUT2D eigenvalue weighted by atomic mass is 16.5. The smallest absolute Gasteiger partial charge is 0.135 e. The average molecular weight is 364 g/mol. The fourth-order valence-electron chi connectivity index (χ4n) is 4.51. The lowest BCUT2D eigenvalue weighted by atomic mass is 9.98. The standard InChI is InChI=1S/C24H29NO2/c1-4-20-12-8-9-13-25(20)16-19-14-23-21(15-22(19)26-3)24(17(2)27-23)18-10-6-5-7-11-18/h5-7,10-11,14-15,20H,4,8-9,12-13,16H2,1-3H3/t20-/m0/s1. The zero-order valence-corrected chi connectivity index (χ0v) is 16.6. The minimum atomic E-state index is 0.678. The van der Waals surface area contributed by atoms with Crippen LogP contribution in [0.25, 0.3) is 22.1 Å². The average Bonchev–Trinajstić information content (AvgIpc) is 3.03. The van der Waals surface area contributed by atoms with E-state index >= 15 is 0 Å². The van der Waals surface area contributed by atoms with Crippen LogP contribution >= 0.6 is 0 Å². The van der Waals surface area contributed by atoms with Gasteiger partial charge in [-0.15, -0.1) is 0 Å². The highest BCUT2D eigenvalue weighted by Gasteiger charge is 2.23. The summed E-state index contributed by atoms with van der Waals surface area (Å²) in [6.45, 7) is 6.45. The molecular formula is C24H29NO2. The first kappa shape index (κ1) is 18.1. The van der Waals surface area contributed by atoms with Gasteiger partial charge in [0.1, 0.15) is 17.1 Å². The van der Waals surface area contributed by atoms with E-state index in [2.05, 4.69) is 48.2 Å². The van der Waals surface area contributed by atoms with Crippen molar-refractivity contribution in [3.8, 4) is 16.9 Å². The van der Waals surface area contributed by atoms with E-state index < -0.39 is 0 Å². The lowest BCUT2D eigenvalue weighted by Gasteiger charge is -2.35. The van der Waals surface area contributed by atoms with E-state index in [0.29, 0.717) is 6.04 Å². The monoisotopic (exact) mass is 363 g/mol. The number of likely N-dealkylation sites (tertiary alicyclic amines) is 1. The quantitative estimate of drug-likeness (QED) is 0.541. The number of methoxy groups -OCH3 is 1. The summed E-state index contributed by atoms with van der Waals surface area (Å²) >= 11 is 0. The predicted molar refractivity (Wildman–Crippen MR) is 111 cm³/mol. The zero-order valence-electron chi connectivity index (χ0n) is 16.6. The second-order valence-electron chi connectivity index (χ2n) is 7.59. The van der Waals surface area contributed by atoms with Gasteiger partial charge in [0.05, 0.1) is 7.11 Å². The van der Waals surface area contributed by atoms with Crippen molar-refractivity contribution in [1.29, 1.82) is 0 Å². The van der Waals surface area contributed by atoms with E-state index in [9.17, 15) is 0 Å². The molecular weight excluding hydrogens is 334 g/mol. The fraction of sp³-hybridized carbons (Fsp3) is 0.417. The molecule has 3 heteroatoms. The molecule has 1 saturated heterocycles. The van der Waals surface area contributed by atoms with Crippen LogP contribution in [0.1, 0.15) is 43.9 Å². The Morgan fingerprint density at radius 3 is 2.70 bits per heavy atom. The number of rotatable bonds is 5. The molecule has 2 heterocycles. The summed E-state index contributed by atoms with van der Waals surface area (Å²) < 4.78 is 12.0. The van der Waals surface area contributed by atoms with Crippen LogP contribution in [0.15, 0.2) is 46.9 Å². The van der Waals surface area contributed by atoms with Crippen molar-refractivity contribution in [3.63, 3.8) is 0 Å². The Kier molecular flexibility index (Phi) is 5.22. The molecule has 27 heavy (non-hydrogen) atoms. The van der Waals surface area contributed by atoms with Gasteiger partial charge in [-0.3, -0.25) is 4.90 Å². The third-order valence-electron chi connectivity index (χ3n) is 5.92. The lowest BCUT2D eigenvalue weighted by molar-refractivity contribution is 0.135. The summed E-state index contributed by atoms with van der Waals surface area (Å²) in [4.78, 5) is 2.61. The first-order valence-corrected chi connectivity index (χ1v) is 10.1. The molecule has 0 bridgehead atoms. The highest BCUT2D eigenvalue weighted by molar-refractivity contribution is 5.97. The van der Waals surface area contributed by atoms with Crippen LogP contribution in [-0.4, -0.2) is 24.6 Å². The van der Waals surface area contributed by atoms with Crippen molar-refractivity contribution in [2.24, 2.45) is 0 Å². The Labute approximate surface area is 161 Å². The fourth-order valence-corrected chi connectivity index (χ4v) is 4.51. The van der Waals surface area contributed by atoms with Gasteiger partial charge >= 0.3 is 0 Å². The number of furan rings is 1. The number of hydrogen-bond acceptors (Lipinski definition) is 3. The maximum absolute atomic E-state index is 6.16. The van der Waals surface area contributed by atoms with Crippen LogP contribution in [0.4, 0.5) is 0 Å². The predicted octanol–water partition coefficient (Wildman–Crippen LogP) is 6.18. The van der Waals surface area contributed by atoms with Gasteiger partial charge in [-0.25, -0.2) is 0 Å². The lowest BCUT2D eigenvalue weighted by Crippen LogP contribution is -2.38. The van der Waals surface area contributed by atoms with Gasteiger partial charge in [0.2, 0.25) is 0 Å². The van der Waals surface area contributed by atoms with Gasteiger partial charge in [-0.2, -0.15) is 0 Å². The second kappa shape index (κ2) is 7.77. The Hall–Kier alpha value is -2.26. The Balaban J connectivity index is 1.75. The van der Waals surface area contributed by atoms with Crippen molar-refractivity contribution in [1.82, 2.24) is 4.90 Å². The van der Waals surface area contributed by atoms with Crippen molar-refractivity contribution >= 4 is 11.0 Å². The number of aryl methyl sites for hydroxylation is 1. The molecule has 1 atom stereocenters. The summed E-state index contributed by atoms with van der Waals surface area (Å²) in [5.41, 5.74) is 4.52. The van der Waals surface area contributed by atoms with Crippen LogP contribution in [0, 0.1) is 6.92 Å². The molecule has 0 spiro atoms. The Bertz CT molecular complexity index is 913. The van der Waals surface area contributed by atoms with Crippen LogP contribution in [-0.2, 0) is 6.54 Å². The van der Waals surface area contributed by atoms with E-state index in [4.69, 9.17) is 9.15 Å². The van der Waals surface area contributed by atoms with Gasteiger partial charge in [0.15, 0.2) is 0 Å². The molecule has 0 aliphatic carbocycles.